The Balaban J connectivity index is 2.31. The first kappa shape index (κ1) is 13.7. The lowest BCUT2D eigenvalue weighted by Gasteiger charge is -2.42. The molecule has 0 spiro atoms. The number of hydrogen-bond donors (Lipinski definition) is 2. The van der Waals surface area contributed by atoms with E-state index in [-0.39, 0.29) is 0 Å². The van der Waals surface area contributed by atoms with Crippen molar-refractivity contribution in [3.63, 3.8) is 0 Å². The number of esters is 1. The largest absolute Gasteiger partial charge is 0.466 e. The predicted molar refractivity (Wildman–Crippen MR) is 61.7 cm³/mol. The van der Waals surface area contributed by atoms with Gasteiger partial charge in [0.2, 0.25) is 0 Å². The van der Waals surface area contributed by atoms with E-state index < -0.39 is 29.7 Å². The minimum atomic E-state index is -2.92. The molecule has 19 heavy (non-hydrogen) atoms. The number of carbonyl (C=O) groups excluding carboxylic acids is 3. The fourth-order valence-corrected chi connectivity index (χ4v) is 2.45. The van der Waals surface area contributed by atoms with Crippen LogP contribution in [-0.4, -0.2) is 54.8 Å². The van der Waals surface area contributed by atoms with E-state index in [4.69, 9.17) is 0 Å². The van der Waals surface area contributed by atoms with Gasteiger partial charge in [-0.05, 0) is 12.8 Å². The number of piperidine rings is 1. The smallest absolute Gasteiger partial charge is 0.357 e. The molecule has 0 aromatic heterocycles. The lowest BCUT2D eigenvalue weighted by atomic mass is 9.96. The van der Waals surface area contributed by atoms with Crippen LogP contribution in [0.25, 0.3) is 0 Å². The van der Waals surface area contributed by atoms with Gasteiger partial charge in [-0.2, -0.15) is 0 Å². The molecule has 7 nitrogen and oxygen atoms in total. The lowest BCUT2D eigenvalue weighted by Crippen LogP contribution is -2.75. The number of urea groups is 1. The fourth-order valence-electron chi connectivity index (χ4n) is 2.45. The highest BCUT2D eigenvalue weighted by Gasteiger charge is 2.60. The Kier molecular flexibility index (Phi) is 3.70. The van der Waals surface area contributed by atoms with Gasteiger partial charge >= 0.3 is 17.7 Å². The summed E-state index contributed by atoms with van der Waals surface area (Å²) < 4.78 is 19.2. The monoisotopic (exact) mass is 273 g/mol. The zero-order valence-corrected chi connectivity index (χ0v) is 10.6. The van der Waals surface area contributed by atoms with Crippen LogP contribution >= 0.6 is 0 Å². The number of alkyl halides is 1. The van der Waals surface area contributed by atoms with Crippen molar-refractivity contribution in [3.8, 4) is 0 Å². The molecule has 2 heterocycles. The van der Waals surface area contributed by atoms with Crippen molar-refractivity contribution < 1.29 is 23.5 Å². The Morgan fingerprint density at radius 1 is 1.37 bits per heavy atom. The molecule has 0 aromatic rings. The molecular formula is C11H16FN3O4. The summed E-state index contributed by atoms with van der Waals surface area (Å²) in [5.41, 5.74) is -2.92. The van der Waals surface area contributed by atoms with Crippen molar-refractivity contribution in [1.29, 1.82) is 0 Å². The van der Waals surface area contributed by atoms with E-state index in [0.29, 0.717) is 13.1 Å². The Morgan fingerprint density at radius 2 is 2.00 bits per heavy atom. The molecule has 2 N–H and O–H groups in total. The second-order valence-electron chi connectivity index (χ2n) is 4.63. The van der Waals surface area contributed by atoms with Gasteiger partial charge in [-0.25, -0.2) is 14.0 Å². The Morgan fingerprint density at radius 3 is 2.58 bits per heavy atom. The van der Waals surface area contributed by atoms with Crippen LogP contribution in [0.2, 0.25) is 0 Å². The van der Waals surface area contributed by atoms with Crippen LogP contribution in [0.15, 0.2) is 0 Å². The molecule has 2 aliphatic heterocycles. The first-order chi connectivity index (χ1) is 9.00. The van der Waals surface area contributed by atoms with Gasteiger partial charge < -0.3 is 10.1 Å². The highest BCUT2D eigenvalue weighted by molar-refractivity contribution is 6.14. The number of methoxy groups -OCH3 is 1. The molecule has 0 radical (unpaired) electrons. The number of carbonyl (C=O) groups is 3. The van der Waals surface area contributed by atoms with E-state index in [9.17, 15) is 18.8 Å². The third-order valence-corrected chi connectivity index (χ3v) is 3.44. The molecule has 0 bridgehead atoms. The Bertz CT molecular complexity index is 411. The zero-order chi connectivity index (χ0) is 14.0. The van der Waals surface area contributed by atoms with Gasteiger partial charge in [0.1, 0.15) is 6.17 Å². The summed E-state index contributed by atoms with van der Waals surface area (Å²) >= 11 is 0. The third kappa shape index (κ3) is 2.27. The van der Waals surface area contributed by atoms with Crippen molar-refractivity contribution in [1.82, 2.24) is 15.5 Å². The first-order valence-corrected chi connectivity index (χ1v) is 6.13. The summed E-state index contributed by atoms with van der Waals surface area (Å²) in [5, 5.41) is 4.06. The molecule has 2 saturated heterocycles. The number of hydrogen-bond acceptors (Lipinski definition) is 5. The minimum absolute atomic E-state index is 0.515. The average Bonchev–Trinajstić information content (AvgIpc) is 2.42. The van der Waals surface area contributed by atoms with Crippen molar-refractivity contribution in [3.05, 3.63) is 0 Å². The second-order valence-corrected chi connectivity index (χ2v) is 4.63. The number of ether oxygens (including phenoxy) is 1. The molecule has 106 valence electrons. The van der Waals surface area contributed by atoms with Crippen molar-refractivity contribution in [2.24, 2.45) is 0 Å². The summed E-state index contributed by atoms with van der Waals surface area (Å²) in [6, 6.07) is -0.808. The lowest BCUT2D eigenvalue weighted by molar-refractivity contribution is -0.169. The summed E-state index contributed by atoms with van der Waals surface area (Å²) in [5.74, 6) is -2.58. The molecular weight excluding hydrogens is 257 g/mol. The number of rotatable bonds is 2. The molecule has 2 fully saturated rings. The predicted octanol–water partition coefficient (Wildman–Crippen LogP) is -0.481. The van der Waals surface area contributed by atoms with Crippen molar-refractivity contribution >= 4 is 17.9 Å². The molecule has 2 aliphatic rings. The van der Waals surface area contributed by atoms with E-state index in [1.165, 1.54) is 0 Å². The fraction of sp³-hybridized carbons (Fsp3) is 0.727. The van der Waals surface area contributed by atoms with Gasteiger partial charge in [-0.3, -0.25) is 15.0 Å². The van der Waals surface area contributed by atoms with E-state index >= 15 is 0 Å². The summed E-state index contributed by atoms with van der Waals surface area (Å²) in [7, 11) is 1.00. The van der Waals surface area contributed by atoms with Gasteiger partial charge in [-0.15, -0.1) is 0 Å². The van der Waals surface area contributed by atoms with E-state index in [1.54, 1.807) is 10.2 Å². The highest BCUT2D eigenvalue weighted by Crippen LogP contribution is 2.26. The van der Waals surface area contributed by atoms with Gasteiger partial charge in [-0.1, -0.05) is 6.42 Å². The van der Waals surface area contributed by atoms with Crippen LogP contribution in [0.3, 0.4) is 0 Å². The molecule has 0 aliphatic carbocycles. The van der Waals surface area contributed by atoms with Crippen molar-refractivity contribution in [2.75, 3.05) is 20.2 Å². The molecule has 0 aromatic carbocycles. The van der Waals surface area contributed by atoms with Gasteiger partial charge in [0.05, 0.1) is 7.11 Å². The zero-order valence-electron chi connectivity index (χ0n) is 10.6. The molecule has 2 rings (SSSR count). The number of halogens is 1. The summed E-state index contributed by atoms with van der Waals surface area (Å²) in [6.45, 7) is 1.03. The summed E-state index contributed by atoms with van der Waals surface area (Å²) in [4.78, 5) is 36.3. The highest BCUT2D eigenvalue weighted by atomic mass is 19.1. The first-order valence-electron chi connectivity index (χ1n) is 6.13. The number of nitrogens with zero attached hydrogens (tertiary/aromatic N) is 1. The maximum absolute atomic E-state index is 14.8. The topological polar surface area (TPSA) is 87.7 Å². The van der Waals surface area contributed by atoms with E-state index in [0.717, 1.165) is 26.4 Å². The maximum atomic E-state index is 14.8. The summed E-state index contributed by atoms with van der Waals surface area (Å²) in [6.07, 6.45) is 1.33. The number of nitrogens with one attached hydrogen (secondary N) is 2. The van der Waals surface area contributed by atoms with Crippen molar-refractivity contribution in [2.45, 2.75) is 31.1 Å². The van der Waals surface area contributed by atoms with Crippen LogP contribution in [-0.2, 0) is 14.3 Å². The number of imide groups is 1. The second kappa shape index (κ2) is 5.12. The molecule has 0 saturated carbocycles. The quantitative estimate of drug-likeness (QED) is 0.524. The minimum Gasteiger partial charge on any atom is -0.466 e. The van der Waals surface area contributed by atoms with Gasteiger partial charge in [0.15, 0.2) is 0 Å². The van der Waals surface area contributed by atoms with Gasteiger partial charge in [0, 0.05) is 13.1 Å². The van der Waals surface area contributed by atoms with Gasteiger partial charge in [0.25, 0.3) is 5.91 Å². The third-order valence-electron chi connectivity index (χ3n) is 3.44. The van der Waals surface area contributed by atoms with Crippen LogP contribution in [0.4, 0.5) is 9.18 Å². The standard InChI is InChI=1S/C11H16FN3O4/c1-19-9(17)11(12)7(13-10(18)14-8(11)16)15-5-3-2-4-6-15/h7H,2-6H2,1H3,(H2,13,14,16,18). The van der Waals surface area contributed by atoms with Crippen LogP contribution in [0.5, 0.6) is 0 Å². The van der Waals surface area contributed by atoms with Crippen LogP contribution in [0, 0.1) is 0 Å². The van der Waals surface area contributed by atoms with E-state index in [1.807, 2.05) is 0 Å². The number of likely N-dealkylation sites (tertiary alicyclic amines) is 1. The molecule has 8 heteroatoms. The average molecular weight is 273 g/mol. The Hall–Kier alpha value is -1.70. The number of amides is 3. The normalized spacial score (nSPS) is 32.4. The molecule has 3 amide bonds. The van der Waals surface area contributed by atoms with Crippen LogP contribution < -0.4 is 10.6 Å². The SMILES string of the molecule is COC(=O)C1(F)C(=O)NC(=O)NC1N1CCCCC1. The molecule has 2 atom stereocenters. The van der Waals surface area contributed by atoms with E-state index in [2.05, 4.69) is 10.1 Å². The Labute approximate surface area is 109 Å². The van der Waals surface area contributed by atoms with Crippen LogP contribution in [0.1, 0.15) is 19.3 Å². The molecule has 2 unspecified atom stereocenters. The maximum Gasteiger partial charge on any atom is 0.357 e.